The van der Waals surface area contributed by atoms with E-state index in [1.807, 2.05) is 6.92 Å². The Balaban J connectivity index is 1.69. The minimum absolute atomic E-state index is 0.0387. The van der Waals surface area contributed by atoms with E-state index in [0.717, 1.165) is 10.5 Å². The summed E-state index contributed by atoms with van der Waals surface area (Å²) in [7, 11) is -3.98. The molecule has 0 aromatic heterocycles. The Kier molecular flexibility index (Phi) is 7.05. The average molecular weight is 476 g/mol. The van der Waals surface area contributed by atoms with E-state index in [-0.39, 0.29) is 21.7 Å². The SMILES string of the molecule is Cc1ccc(S(=O)(=O)Oc2ccc(/C=C3\SC(=O)N(CC(=O)OC(C)C)C3=O)cc2)cc1. The molecule has 1 fully saturated rings. The molecule has 0 N–H and O–H groups in total. The van der Waals surface area contributed by atoms with Crippen LogP contribution >= 0.6 is 11.8 Å². The molecule has 0 unspecified atom stereocenters. The zero-order valence-corrected chi connectivity index (χ0v) is 19.2. The first kappa shape index (κ1) is 23.6. The van der Waals surface area contributed by atoms with Crippen molar-refractivity contribution in [1.82, 2.24) is 4.90 Å². The zero-order valence-electron chi connectivity index (χ0n) is 17.6. The van der Waals surface area contributed by atoms with Crippen molar-refractivity contribution < 1.29 is 31.7 Å². The van der Waals surface area contributed by atoms with Crippen molar-refractivity contribution >= 4 is 45.1 Å². The van der Waals surface area contributed by atoms with Gasteiger partial charge < -0.3 is 8.92 Å². The molecular weight excluding hydrogens is 454 g/mol. The predicted octanol–water partition coefficient (Wildman–Crippen LogP) is 3.75. The van der Waals surface area contributed by atoms with Crippen LogP contribution in [0, 0.1) is 6.92 Å². The molecule has 10 heteroatoms. The minimum atomic E-state index is -3.98. The Morgan fingerprint density at radius 1 is 1.06 bits per heavy atom. The van der Waals surface area contributed by atoms with Crippen molar-refractivity contribution in [3.63, 3.8) is 0 Å². The van der Waals surface area contributed by atoms with Crippen LogP contribution in [-0.2, 0) is 24.4 Å². The number of esters is 1. The Morgan fingerprint density at radius 3 is 2.28 bits per heavy atom. The number of benzene rings is 2. The van der Waals surface area contributed by atoms with E-state index in [9.17, 15) is 22.8 Å². The van der Waals surface area contributed by atoms with E-state index in [1.165, 1.54) is 30.3 Å². The third-order valence-corrected chi connectivity index (χ3v) is 6.39. The smallest absolute Gasteiger partial charge is 0.339 e. The third-order valence-electron chi connectivity index (χ3n) is 4.22. The fourth-order valence-corrected chi connectivity index (χ4v) is 4.48. The number of ether oxygens (including phenoxy) is 1. The van der Waals surface area contributed by atoms with Gasteiger partial charge in [0.25, 0.3) is 11.1 Å². The maximum Gasteiger partial charge on any atom is 0.339 e. The van der Waals surface area contributed by atoms with Crippen molar-refractivity contribution in [2.45, 2.75) is 31.8 Å². The second-order valence-corrected chi connectivity index (χ2v) is 9.77. The molecule has 1 aliphatic heterocycles. The van der Waals surface area contributed by atoms with Crippen molar-refractivity contribution in [2.24, 2.45) is 0 Å². The summed E-state index contributed by atoms with van der Waals surface area (Å²) in [5.41, 5.74) is 1.48. The van der Waals surface area contributed by atoms with E-state index in [4.69, 9.17) is 8.92 Å². The molecule has 0 atom stereocenters. The quantitative estimate of drug-likeness (QED) is 0.339. The van der Waals surface area contributed by atoms with Crippen LogP contribution in [0.3, 0.4) is 0 Å². The summed E-state index contributed by atoms with van der Waals surface area (Å²) < 4.78 is 34.9. The van der Waals surface area contributed by atoms with Crippen LogP contribution in [0.4, 0.5) is 4.79 Å². The van der Waals surface area contributed by atoms with Crippen LogP contribution in [0.15, 0.2) is 58.3 Å². The summed E-state index contributed by atoms with van der Waals surface area (Å²) in [6, 6.07) is 12.3. The van der Waals surface area contributed by atoms with Crippen LogP contribution in [0.25, 0.3) is 6.08 Å². The topological polar surface area (TPSA) is 107 Å². The molecule has 0 saturated carbocycles. The standard InChI is InChI=1S/C22H21NO7S2/c1-14(2)29-20(24)13-23-21(25)19(31-22(23)26)12-16-6-8-17(9-7-16)30-32(27,28)18-10-4-15(3)5-11-18/h4-12,14H,13H2,1-3H3/b19-12-. The Labute approximate surface area is 190 Å². The summed E-state index contributed by atoms with van der Waals surface area (Å²) in [4.78, 5) is 37.4. The van der Waals surface area contributed by atoms with Gasteiger partial charge in [-0.3, -0.25) is 19.3 Å². The number of carbonyl (C=O) groups is 3. The van der Waals surface area contributed by atoms with Gasteiger partial charge in [0.15, 0.2) is 0 Å². The Bertz CT molecular complexity index is 1170. The van der Waals surface area contributed by atoms with Gasteiger partial charge in [0, 0.05) is 0 Å². The monoisotopic (exact) mass is 475 g/mol. The molecule has 2 amide bonds. The number of amides is 2. The average Bonchev–Trinajstić information content (AvgIpc) is 2.96. The van der Waals surface area contributed by atoms with Gasteiger partial charge in [0.2, 0.25) is 0 Å². The largest absolute Gasteiger partial charge is 0.462 e. The van der Waals surface area contributed by atoms with Gasteiger partial charge >= 0.3 is 16.1 Å². The van der Waals surface area contributed by atoms with Crippen LogP contribution in [0.5, 0.6) is 5.75 Å². The number of rotatable bonds is 7. The summed E-state index contributed by atoms with van der Waals surface area (Å²) in [6.07, 6.45) is 1.13. The number of thioether (sulfide) groups is 1. The molecule has 1 aliphatic rings. The second-order valence-electron chi connectivity index (χ2n) is 7.23. The zero-order chi connectivity index (χ0) is 23.5. The molecule has 0 bridgehead atoms. The van der Waals surface area contributed by atoms with Gasteiger partial charge in [-0.15, -0.1) is 0 Å². The fraction of sp³-hybridized carbons (Fsp3) is 0.227. The highest BCUT2D eigenvalue weighted by molar-refractivity contribution is 8.18. The molecule has 0 aliphatic carbocycles. The van der Waals surface area contributed by atoms with Crippen LogP contribution in [-0.4, -0.2) is 43.1 Å². The first-order valence-corrected chi connectivity index (χ1v) is 11.8. The second kappa shape index (κ2) is 9.58. The molecule has 168 valence electrons. The predicted molar refractivity (Wildman–Crippen MR) is 119 cm³/mol. The van der Waals surface area contributed by atoms with Gasteiger partial charge in [0.1, 0.15) is 17.2 Å². The van der Waals surface area contributed by atoms with E-state index in [2.05, 4.69) is 0 Å². The maximum absolute atomic E-state index is 12.5. The van der Waals surface area contributed by atoms with E-state index in [0.29, 0.717) is 17.3 Å². The maximum atomic E-state index is 12.5. The number of aryl methyl sites for hydroxylation is 1. The fourth-order valence-electron chi connectivity index (χ4n) is 2.72. The van der Waals surface area contributed by atoms with Gasteiger partial charge in [-0.1, -0.05) is 29.8 Å². The molecule has 0 spiro atoms. The molecule has 3 rings (SSSR count). The molecule has 1 saturated heterocycles. The van der Waals surface area contributed by atoms with E-state index < -0.39 is 33.8 Å². The minimum Gasteiger partial charge on any atom is -0.462 e. The molecule has 2 aromatic carbocycles. The van der Waals surface area contributed by atoms with Gasteiger partial charge in [-0.05, 0) is 68.4 Å². The van der Waals surface area contributed by atoms with Crippen LogP contribution in [0.1, 0.15) is 25.0 Å². The molecule has 1 heterocycles. The summed E-state index contributed by atoms with van der Waals surface area (Å²) in [5.74, 6) is -1.16. The van der Waals surface area contributed by atoms with Crippen LogP contribution < -0.4 is 4.18 Å². The van der Waals surface area contributed by atoms with Crippen molar-refractivity contribution in [3.8, 4) is 5.75 Å². The number of carbonyl (C=O) groups excluding carboxylic acids is 3. The lowest BCUT2D eigenvalue weighted by Gasteiger charge is -2.13. The van der Waals surface area contributed by atoms with Gasteiger partial charge in [-0.2, -0.15) is 8.42 Å². The molecule has 0 radical (unpaired) electrons. The van der Waals surface area contributed by atoms with Crippen molar-refractivity contribution in [2.75, 3.05) is 6.54 Å². The van der Waals surface area contributed by atoms with Crippen molar-refractivity contribution in [3.05, 3.63) is 64.6 Å². The van der Waals surface area contributed by atoms with Crippen molar-refractivity contribution in [1.29, 1.82) is 0 Å². The van der Waals surface area contributed by atoms with Gasteiger partial charge in [-0.25, -0.2) is 0 Å². The first-order valence-electron chi connectivity index (χ1n) is 9.61. The number of imide groups is 1. The highest BCUT2D eigenvalue weighted by atomic mass is 32.2. The van der Waals surface area contributed by atoms with Gasteiger partial charge in [0.05, 0.1) is 11.0 Å². The van der Waals surface area contributed by atoms with E-state index in [1.54, 1.807) is 38.1 Å². The Hall–Kier alpha value is -3.11. The highest BCUT2D eigenvalue weighted by Gasteiger charge is 2.36. The molecule has 32 heavy (non-hydrogen) atoms. The third kappa shape index (κ3) is 5.77. The normalized spacial score (nSPS) is 15.5. The molecule has 8 nitrogen and oxygen atoms in total. The summed E-state index contributed by atoms with van der Waals surface area (Å²) in [5, 5.41) is -0.564. The van der Waals surface area contributed by atoms with Crippen LogP contribution in [0.2, 0.25) is 0 Å². The number of nitrogens with zero attached hydrogens (tertiary/aromatic N) is 1. The molecular formula is C22H21NO7S2. The molecule has 2 aromatic rings. The number of hydrogen-bond acceptors (Lipinski definition) is 8. The van der Waals surface area contributed by atoms with E-state index >= 15 is 0 Å². The summed E-state index contributed by atoms with van der Waals surface area (Å²) in [6.45, 7) is 4.74. The lowest BCUT2D eigenvalue weighted by Crippen LogP contribution is -2.35. The Morgan fingerprint density at radius 2 is 1.69 bits per heavy atom. The highest BCUT2D eigenvalue weighted by Crippen LogP contribution is 2.32. The number of hydrogen-bond donors (Lipinski definition) is 0. The lowest BCUT2D eigenvalue weighted by atomic mass is 10.2. The lowest BCUT2D eigenvalue weighted by molar-refractivity contribution is -0.149. The first-order chi connectivity index (χ1) is 15.0. The summed E-state index contributed by atoms with van der Waals surface area (Å²) >= 11 is 0.714.